The highest BCUT2D eigenvalue weighted by molar-refractivity contribution is 5.78. The van der Waals surface area contributed by atoms with Crippen LogP contribution in [-0.2, 0) is 11.2 Å². The minimum atomic E-state index is 0.0478. The molecule has 1 fully saturated rings. The number of hydrogen-bond acceptors (Lipinski definition) is 5. The van der Waals surface area contributed by atoms with E-state index in [1.165, 1.54) is 5.56 Å². The van der Waals surface area contributed by atoms with Gasteiger partial charge in [-0.3, -0.25) is 9.69 Å². The predicted molar refractivity (Wildman–Crippen MR) is 117 cm³/mol. The van der Waals surface area contributed by atoms with Crippen LogP contribution >= 0.6 is 0 Å². The summed E-state index contributed by atoms with van der Waals surface area (Å²) in [4.78, 5) is 21.3. The summed E-state index contributed by atoms with van der Waals surface area (Å²) in [7, 11) is 0. The van der Waals surface area contributed by atoms with Crippen molar-refractivity contribution in [2.75, 3.05) is 32.7 Å². The predicted octanol–water partition coefficient (Wildman–Crippen LogP) is 3.45. The molecule has 4 rings (SSSR count). The highest BCUT2D eigenvalue weighted by Gasteiger charge is 2.22. The lowest BCUT2D eigenvalue weighted by atomic mass is 10.1. The number of nitrogens with zero attached hydrogens (tertiary/aromatic N) is 4. The van der Waals surface area contributed by atoms with Crippen molar-refractivity contribution in [3.8, 4) is 11.5 Å². The van der Waals surface area contributed by atoms with Gasteiger partial charge in [-0.25, -0.2) is 0 Å². The lowest BCUT2D eigenvalue weighted by Crippen LogP contribution is -2.49. The van der Waals surface area contributed by atoms with Gasteiger partial charge in [0.2, 0.25) is 5.91 Å². The Morgan fingerprint density at radius 2 is 1.77 bits per heavy atom. The molecule has 1 amide bonds. The molecule has 1 aliphatic rings. The number of amides is 1. The maximum atomic E-state index is 12.7. The normalized spacial score (nSPS) is 15.0. The summed E-state index contributed by atoms with van der Waals surface area (Å²) >= 11 is 0. The van der Waals surface area contributed by atoms with Gasteiger partial charge < -0.3 is 9.42 Å². The van der Waals surface area contributed by atoms with Crippen LogP contribution in [-0.4, -0.2) is 58.6 Å². The fraction of sp³-hybridized carbons (Fsp3) is 0.292. The van der Waals surface area contributed by atoms with Gasteiger partial charge in [-0.1, -0.05) is 65.8 Å². The fourth-order valence-corrected chi connectivity index (χ4v) is 3.58. The van der Waals surface area contributed by atoms with Gasteiger partial charge in [0.1, 0.15) is 0 Å². The maximum absolute atomic E-state index is 12.7. The second-order valence-electron chi connectivity index (χ2n) is 7.50. The van der Waals surface area contributed by atoms with E-state index in [9.17, 15) is 4.79 Å². The molecule has 30 heavy (non-hydrogen) atoms. The minimum absolute atomic E-state index is 0.0478. The number of hydrogen-bond donors (Lipinski definition) is 0. The van der Waals surface area contributed by atoms with Gasteiger partial charge in [-0.15, -0.1) is 0 Å². The molecule has 1 aromatic heterocycles. The third kappa shape index (κ3) is 5.02. The van der Waals surface area contributed by atoms with Crippen LogP contribution in [0.15, 0.2) is 65.2 Å². The Balaban J connectivity index is 1.26. The Morgan fingerprint density at radius 1 is 1.03 bits per heavy atom. The van der Waals surface area contributed by atoms with Gasteiger partial charge in [-0.05, 0) is 24.1 Å². The number of piperazine rings is 1. The number of rotatable bonds is 6. The minimum Gasteiger partial charge on any atom is -0.340 e. The second-order valence-corrected chi connectivity index (χ2v) is 7.50. The second kappa shape index (κ2) is 9.50. The number of carbonyl (C=O) groups excluding carboxylic acids is 1. The quantitative estimate of drug-likeness (QED) is 0.632. The SMILES string of the molecule is Cc1ccccc1-c1nc(CC(=O)N2CCN(CC=Cc3ccccc3)CC2)no1. The molecule has 0 N–H and O–H groups in total. The summed E-state index contributed by atoms with van der Waals surface area (Å²) in [6.07, 6.45) is 4.49. The van der Waals surface area contributed by atoms with Crippen molar-refractivity contribution in [1.82, 2.24) is 19.9 Å². The molecule has 0 saturated carbocycles. The largest absolute Gasteiger partial charge is 0.340 e. The van der Waals surface area contributed by atoms with Crippen LogP contribution in [0, 0.1) is 6.92 Å². The molecule has 0 spiro atoms. The molecule has 6 heteroatoms. The lowest BCUT2D eigenvalue weighted by Gasteiger charge is -2.34. The molecular formula is C24H26N4O2. The standard InChI is InChI=1S/C24H26N4O2/c1-19-8-5-6-12-21(19)24-25-22(26-30-24)18-23(29)28-16-14-27(15-17-28)13-7-11-20-9-3-2-4-10-20/h2-12H,13-18H2,1H3. The molecule has 2 heterocycles. The Morgan fingerprint density at radius 3 is 2.53 bits per heavy atom. The Kier molecular flexibility index (Phi) is 6.35. The van der Waals surface area contributed by atoms with Crippen molar-refractivity contribution in [2.24, 2.45) is 0 Å². The van der Waals surface area contributed by atoms with E-state index in [1.807, 2.05) is 54.3 Å². The smallest absolute Gasteiger partial charge is 0.258 e. The molecule has 1 saturated heterocycles. The lowest BCUT2D eigenvalue weighted by molar-refractivity contribution is -0.132. The van der Waals surface area contributed by atoms with Gasteiger partial charge in [0.25, 0.3) is 5.89 Å². The van der Waals surface area contributed by atoms with Gasteiger partial charge in [0, 0.05) is 38.3 Å². The average molecular weight is 402 g/mol. The first-order valence-electron chi connectivity index (χ1n) is 10.3. The average Bonchev–Trinajstić information content (AvgIpc) is 3.23. The Labute approximate surface area is 176 Å². The highest BCUT2D eigenvalue weighted by Crippen LogP contribution is 2.21. The molecular weight excluding hydrogens is 376 g/mol. The highest BCUT2D eigenvalue weighted by atomic mass is 16.5. The molecule has 0 bridgehead atoms. The van der Waals surface area contributed by atoms with Crippen LogP contribution in [0.2, 0.25) is 0 Å². The zero-order chi connectivity index (χ0) is 20.8. The first kappa shape index (κ1) is 20.0. The van der Waals surface area contributed by atoms with Crippen molar-refractivity contribution in [3.05, 3.63) is 77.6 Å². The summed E-state index contributed by atoms with van der Waals surface area (Å²) < 4.78 is 5.37. The van der Waals surface area contributed by atoms with E-state index >= 15 is 0 Å². The van der Waals surface area contributed by atoms with Crippen LogP contribution in [0.25, 0.3) is 17.5 Å². The van der Waals surface area contributed by atoms with E-state index in [0.29, 0.717) is 11.7 Å². The third-order valence-corrected chi connectivity index (χ3v) is 5.35. The summed E-state index contributed by atoms with van der Waals surface area (Å²) in [6, 6.07) is 18.1. The molecule has 3 aromatic rings. The molecule has 154 valence electrons. The van der Waals surface area contributed by atoms with Crippen LogP contribution in [0.5, 0.6) is 0 Å². The van der Waals surface area contributed by atoms with Gasteiger partial charge in [0.05, 0.1) is 6.42 Å². The fourth-order valence-electron chi connectivity index (χ4n) is 3.58. The Hall–Kier alpha value is -3.25. The molecule has 0 radical (unpaired) electrons. The van der Waals surface area contributed by atoms with Crippen molar-refractivity contribution < 1.29 is 9.32 Å². The molecule has 2 aromatic carbocycles. The Bertz CT molecular complexity index is 1000. The zero-order valence-corrected chi connectivity index (χ0v) is 17.2. The van der Waals surface area contributed by atoms with Crippen molar-refractivity contribution in [1.29, 1.82) is 0 Å². The molecule has 0 aliphatic carbocycles. The number of carbonyl (C=O) groups is 1. The monoisotopic (exact) mass is 402 g/mol. The van der Waals surface area contributed by atoms with E-state index < -0.39 is 0 Å². The van der Waals surface area contributed by atoms with Crippen LogP contribution in [0.4, 0.5) is 0 Å². The van der Waals surface area contributed by atoms with E-state index in [0.717, 1.165) is 43.9 Å². The van der Waals surface area contributed by atoms with E-state index in [-0.39, 0.29) is 12.3 Å². The zero-order valence-electron chi connectivity index (χ0n) is 17.2. The van der Waals surface area contributed by atoms with E-state index in [4.69, 9.17) is 4.52 Å². The van der Waals surface area contributed by atoms with Crippen molar-refractivity contribution in [3.63, 3.8) is 0 Å². The summed E-state index contributed by atoms with van der Waals surface area (Å²) in [6.45, 7) is 6.07. The van der Waals surface area contributed by atoms with Gasteiger partial charge >= 0.3 is 0 Å². The number of benzene rings is 2. The first-order chi connectivity index (χ1) is 14.7. The third-order valence-electron chi connectivity index (χ3n) is 5.35. The molecule has 6 nitrogen and oxygen atoms in total. The van der Waals surface area contributed by atoms with Crippen LogP contribution in [0.1, 0.15) is 17.0 Å². The molecule has 1 aliphatic heterocycles. The topological polar surface area (TPSA) is 62.5 Å². The van der Waals surface area contributed by atoms with Crippen LogP contribution < -0.4 is 0 Å². The maximum Gasteiger partial charge on any atom is 0.258 e. The first-order valence-corrected chi connectivity index (χ1v) is 10.3. The summed E-state index contributed by atoms with van der Waals surface area (Å²) in [5, 5.41) is 4.00. The van der Waals surface area contributed by atoms with Gasteiger partial charge in [-0.2, -0.15) is 4.98 Å². The molecule has 0 unspecified atom stereocenters. The van der Waals surface area contributed by atoms with Crippen molar-refractivity contribution in [2.45, 2.75) is 13.3 Å². The van der Waals surface area contributed by atoms with Crippen LogP contribution in [0.3, 0.4) is 0 Å². The summed E-state index contributed by atoms with van der Waals surface area (Å²) in [5.74, 6) is 0.948. The molecule has 0 atom stereocenters. The van der Waals surface area contributed by atoms with E-state index in [1.54, 1.807) is 0 Å². The summed E-state index contributed by atoms with van der Waals surface area (Å²) in [5.41, 5.74) is 3.17. The number of aryl methyl sites for hydroxylation is 1. The van der Waals surface area contributed by atoms with E-state index in [2.05, 4.69) is 39.3 Å². The number of aromatic nitrogens is 2. The van der Waals surface area contributed by atoms with Gasteiger partial charge in [0.15, 0.2) is 5.82 Å². The van der Waals surface area contributed by atoms with Crippen molar-refractivity contribution >= 4 is 12.0 Å².